The zero-order valence-electron chi connectivity index (χ0n) is 12.0. The lowest BCUT2D eigenvalue weighted by Crippen LogP contribution is -2.36. The third-order valence-electron chi connectivity index (χ3n) is 3.65. The van der Waals surface area contributed by atoms with E-state index in [1.165, 1.54) is 12.4 Å². The van der Waals surface area contributed by atoms with Gasteiger partial charge in [0.25, 0.3) is 0 Å². The van der Waals surface area contributed by atoms with E-state index in [1.807, 2.05) is 0 Å². The SMILES string of the molecule is O=C1CO[CH-]N1CCNc1ccc(N2CCOCC2)cc1. The first-order valence-corrected chi connectivity index (χ1v) is 7.24. The topological polar surface area (TPSA) is 54.0 Å². The third kappa shape index (κ3) is 3.65. The Bertz CT molecular complexity index is 472. The summed E-state index contributed by atoms with van der Waals surface area (Å²) in [6.07, 6.45) is 0. The maximum Gasteiger partial charge on any atom is 0.218 e. The van der Waals surface area contributed by atoms with Gasteiger partial charge >= 0.3 is 0 Å². The summed E-state index contributed by atoms with van der Waals surface area (Å²) >= 11 is 0. The minimum atomic E-state index is 0.0134. The molecule has 0 radical (unpaired) electrons. The van der Waals surface area contributed by atoms with E-state index in [0.717, 1.165) is 32.0 Å². The van der Waals surface area contributed by atoms with Crippen LogP contribution in [-0.2, 0) is 14.3 Å². The first-order valence-electron chi connectivity index (χ1n) is 7.24. The van der Waals surface area contributed by atoms with Gasteiger partial charge in [-0.2, -0.15) is 0 Å². The minimum absolute atomic E-state index is 0.0134. The fourth-order valence-electron chi connectivity index (χ4n) is 2.45. The van der Waals surface area contributed by atoms with Gasteiger partial charge in [0.2, 0.25) is 5.91 Å². The number of benzene rings is 1. The van der Waals surface area contributed by atoms with Gasteiger partial charge in [0.15, 0.2) is 0 Å². The standard InChI is InChI=1S/C15H20N3O3/c19-15-11-21-12-18(15)6-5-16-13-1-3-14(4-2-13)17-7-9-20-10-8-17/h1-4,12,16H,5-11H2/q-1. The summed E-state index contributed by atoms with van der Waals surface area (Å²) in [5, 5.41) is 3.31. The number of hydrogen-bond acceptors (Lipinski definition) is 5. The number of hydrogen-bond donors (Lipinski definition) is 1. The monoisotopic (exact) mass is 290 g/mol. The fourth-order valence-corrected chi connectivity index (χ4v) is 2.45. The maximum absolute atomic E-state index is 11.4. The Morgan fingerprint density at radius 1 is 1.19 bits per heavy atom. The molecule has 6 heteroatoms. The molecule has 0 spiro atoms. The number of rotatable bonds is 5. The molecule has 2 aliphatic rings. The molecular weight excluding hydrogens is 270 g/mol. The van der Waals surface area contributed by atoms with E-state index in [2.05, 4.69) is 34.5 Å². The van der Waals surface area contributed by atoms with Gasteiger partial charge in [0.05, 0.1) is 19.8 Å². The molecule has 2 saturated heterocycles. The Hall–Kier alpha value is -1.79. The van der Waals surface area contributed by atoms with Crippen molar-refractivity contribution in [3.63, 3.8) is 0 Å². The van der Waals surface area contributed by atoms with Crippen LogP contribution in [0.15, 0.2) is 24.3 Å². The largest absolute Gasteiger partial charge is 0.525 e. The van der Waals surface area contributed by atoms with Crippen LogP contribution in [0.2, 0.25) is 0 Å². The summed E-state index contributed by atoms with van der Waals surface area (Å²) in [4.78, 5) is 15.3. The lowest BCUT2D eigenvalue weighted by molar-refractivity contribution is -0.126. The highest BCUT2D eigenvalue weighted by Crippen LogP contribution is 2.19. The molecule has 21 heavy (non-hydrogen) atoms. The number of ether oxygens (including phenoxy) is 2. The lowest BCUT2D eigenvalue weighted by Gasteiger charge is -2.29. The lowest BCUT2D eigenvalue weighted by atomic mass is 10.2. The molecule has 0 unspecified atom stereocenters. The van der Waals surface area contributed by atoms with Crippen LogP contribution in [0.5, 0.6) is 0 Å². The first-order chi connectivity index (χ1) is 10.3. The molecule has 1 amide bonds. The molecule has 2 heterocycles. The van der Waals surface area contributed by atoms with Gasteiger partial charge in [-0.05, 0) is 24.3 Å². The van der Waals surface area contributed by atoms with Crippen LogP contribution in [0, 0.1) is 6.73 Å². The van der Waals surface area contributed by atoms with Gasteiger partial charge in [-0.15, -0.1) is 6.73 Å². The normalized spacial score (nSPS) is 19.1. The molecule has 0 aromatic heterocycles. The summed E-state index contributed by atoms with van der Waals surface area (Å²) in [6, 6.07) is 8.36. The predicted molar refractivity (Wildman–Crippen MR) is 79.9 cm³/mol. The second-order valence-corrected chi connectivity index (χ2v) is 5.08. The van der Waals surface area contributed by atoms with E-state index < -0.39 is 0 Å². The van der Waals surface area contributed by atoms with Gasteiger partial charge in [-0.3, -0.25) is 4.79 Å². The van der Waals surface area contributed by atoms with Crippen molar-refractivity contribution in [1.29, 1.82) is 0 Å². The molecule has 3 rings (SSSR count). The van der Waals surface area contributed by atoms with Crippen molar-refractivity contribution >= 4 is 17.3 Å². The highest BCUT2D eigenvalue weighted by molar-refractivity contribution is 5.79. The average Bonchev–Trinajstić information content (AvgIpc) is 2.94. The van der Waals surface area contributed by atoms with Crippen LogP contribution < -0.4 is 10.2 Å². The van der Waals surface area contributed by atoms with Gasteiger partial charge in [-0.25, -0.2) is 0 Å². The number of nitrogens with one attached hydrogen (secondary N) is 1. The van der Waals surface area contributed by atoms with Crippen LogP contribution in [0.1, 0.15) is 0 Å². The number of morpholine rings is 1. The molecule has 1 aromatic rings. The Kier molecular flexibility index (Phi) is 4.57. The average molecular weight is 290 g/mol. The van der Waals surface area contributed by atoms with Crippen molar-refractivity contribution in [2.75, 3.05) is 56.2 Å². The van der Waals surface area contributed by atoms with Gasteiger partial charge in [-0.1, -0.05) is 0 Å². The zero-order chi connectivity index (χ0) is 14.5. The number of anilines is 2. The highest BCUT2D eigenvalue weighted by Gasteiger charge is 2.12. The van der Waals surface area contributed by atoms with Crippen LogP contribution in [0.25, 0.3) is 0 Å². The van der Waals surface area contributed by atoms with E-state index in [9.17, 15) is 4.79 Å². The molecule has 0 aliphatic carbocycles. The minimum Gasteiger partial charge on any atom is -0.525 e. The van der Waals surface area contributed by atoms with Crippen molar-refractivity contribution in [2.24, 2.45) is 0 Å². The molecule has 1 N–H and O–H groups in total. The van der Waals surface area contributed by atoms with Crippen molar-refractivity contribution in [3.05, 3.63) is 31.0 Å². The number of amides is 1. The van der Waals surface area contributed by atoms with Crippen molar-refractivity contribution in [2.45, 2.75) is 0 Å². The third-order valence-corrected chi connectivity index (χ3v) is 3.65. The summed E-state index contributed by atoms with van der Waals surface area (Å²) < 4.78 is 10.3. The summed E-state index contributed by atoms with van der Waals surface area (Å²) in [6.45, 7) is 6.44. The van der Waals surface area contributed by atoms with Crippen LogP contribution >= 0.6 is 0 Å². The van der Waals surface area contributed by atoms with Crippen molar-refractivity contribution < 1.29 is 14.3 Å². The molecule has 1 aromatic carbocycles. The van der Waals surface area contributed by atoms with E-state index in [-0.39, 0.29) is 12.5 Å². The Morgan fingerprint density at radius 3 is 2.62 bits per heavy atom. The number of carbonyl (C=O) groups is 1. The molecule has 0 atom stereocenters. The molecule has 114 valence electrons. The number of carbonyl (C=O) groups excluding carboxylic acids is 1. The van der Waals surface area contributed by atoms with Gasteiger partial charge in [0, 0.05) is 37.6 Å². The fraction of sp³-hybridized carbons (Fsp3) is 0.467. The summed E-state index contributed by atoms with van der Waals surface area (Å²) in [7, 11) is 0. The Balaban J connectivity index is 1.46. The predicted octanol–water partition coefficient (Wildman–Crippen LogP) is 0.913. The smallest absolute Gasteiger partial charge is 0.218 e. The second-order valence-electron chi connectivity index (χ2n) is 5.08. The Morgan fingerprint density at radius 2 is 1.95 bits per heavy atom. The van der Waals surface area contributed by atoms with E-state index >= 15 is 0 Å². The molecule has 2 fully saturated rings. The van der Waals surface area contributed by atoms with E-state index in [1.54, 1.807) is 4.90 Å². The molecule has 0 bridgehead atoms. The van der Waals surface area contributed by atoms with Crippen molar-refractivity contribution in [3.8, 4) is 0 Å². The highest BCUT2D eigenvalue weighted by atomic mass is 16.5. The van der Waals surface area contributed by atoms with Crippen LogP contribution in [0.3, 0.4) is 0 Å². The molecular formula is C15H20N3O3-. The molecule has 0 saturated carbocycles. The van der Waals surface area contributed by atoms with Crippen LogP contribution in [0.4, 0.5) is 11.4 Å². The first kappa shape index (κ1) is 14.2. The van der Waals surface area contributed by atoms with E-state index in [4.69, 9.17) is 9.47 Å². The van der Waals surface area contributed by atoms with Gasteiger partial charge in [0.1, 0.15) is 0 Å². The summed E-state index contributed by atoms with van der Waals surface area (Å²) in [5.41, 5.74) is 2.28. The zero-order valence-corrected chi connectivity index (χ0v) is 12.0. The Labute approximate surface area is 124 Å². The van der Waals surface area contributed by atoms with Crippen molar-refractivity contribution in [1.82, 2.24) is 4.90 Å². The molecule has 2 aliphatic heterocycles. The molecule has 6 nitrogen and oxygen atoms in total. The van der Waals surface area contributed by atoms with E-state index in [0.29, 0.717) is 13.1 Å². The number of nitrogens with zero attached hydrogens (tertiary/aromatic N) is 2. The quantitative estimate of drug-likeness (QED) is 0.817. The van der Waals surface area contributed by atoms with Gasteiger partial charge < -0.3 is 24.6 Å². The second kappa shape index (κ2) is 6.78. The summed E-state index contributed by atoms with van der Waals surface area (Å²) in [5.74, 6) is 0.0134. The maximum atomic E-state index is 11.4. The van der Waals surface area contributed by atoms with Crippen LogP contribution in [-0.4, -0.2) is 56.8 Å².